The van der Waals surface area contributed by atoms with Gasteiger partial charge in [-0.15, -0.1) is 0 Å². The molecule has 1 aromatic carbocycles. The largest absolute Gasteiger partial charge is 0.330 e. The van der Waals surface area contributed by atoms with Gasteiger partial charge in [0.25, 0.3) is 0 Å². The molecule has 0 aliphatic rings. The second kappa shape index (κ2) is 5.73. The monoisotopic (exact) mass is 278 g/mol. The standard InChI is InChI=1S/C11H16F2N2O2S/c1-8(5-6-14)15(2)18(16,17)9-3-4-10(12)11(13)7-9/h3-4,7-8H,5-6,14H2,1-2H3. The summed E-state index contributed by atoms with van der Waals surface area (Å²) in [5, 5.41) is 0. The molecule has 1 aromatic rings. The van der Waals surface area contributed by atoms with Crippen LogP contribution in [-0.2, 0) is 10.0 Å². The first-order valence-corrected chi connectivity index (χ1v) is 6.88. The van der Waals surface area contributed by atoms with Crippen molar-refractivity contribution in [3.05, 3.63) is 29.8 Å². The minimum absolute atomic E-state index is 0.271. The number of halogens is 2. The topological polar surface area (TPSA) is 63.4 Å². The van der Waals surface area contributed by atoms with E-state index in [2.05, 4.69) is 0 Å². The summed E-state index contributed by atoms with van der Waals surface area (Å²) in [6, 6.07) is 2.20. The second-order valence-electron chi connectivity index (χ2n) is 4.02. The lowest BCUT2D eigenvalue weighted by Gasteiger charge is -2.23. The molecule has 1 rings (SSSR count). The van der Waals surface area contributed by atoms with Gasteiger partial charge in [0.15, 0.2) is 11.6 Å². The van der Waals surface area contributed by atoms with E-state index in [9.17, 15) is 17.2 Å². The minimum atomic E-state index is -3.83. The Hall–Kier alpha value is -1.05. The van der Waals surface area contributed by atoms with Crippen LogP contribution in [0, 0.1) is 11.6 Å². The quantitative estimate of drug-likeness (QED) is 0.883. The van der Waals surface area contributed by atoms with Crippen molar-refractivity contribution >= 4 is 10.0 Å². The maximum atomic E-state index is 13.0. The molecule has 0 spiro atoms. The second-order valence-corrected chi connectivity index (χ2v) is 6.02. The van der Waals surface area contributed by atoms with Gasteiger partial charge in [0.1, 0.15) is 0 Å². The van der Waals surface area contributed by atoms with Crippen molar-refractivity contribution in [2.24, 2.45) is 5.73 Å². The molecule has 18 heavy (non-hydrogen) atoms. The molecule has 102 valence electrons. The van der Waals surface area contributed by atoms with Crippen molar-refractivity contribution in [2.75, 3.05) is 13.6 Å². The molecule has 0 aliphatic carbocycles. The smallest absolute Gasteiger partial charge is 0.243 e. The molecule has 1 atom stereocenters. The van der Waals surface area contributed by atoms with Crippen LogP contribution in [0.4, 0.5) is 8.78 Å². The van der Waals surface area contributed by atoms with Crippen LogP contribution in [0.3, 0.4) is 0 Å². The average Bonchev–Trinajstić information content (AvgIpc) is 2.31. The summed E-state index contributed by atoms with van der Waals surface area (Å²) in [6.45, 7) is 2.04. The molecule has 4 nitrogen and oxygen atoms in total. The van der Waals surface area contributed by atoms with Crippen LogP contribution < -0.4 is 5.73 Å². The Balaban J connectivity index is 3.09. The number of hydrogen-bond donors (Lipinski definition) is 1. The number of sulfonamides is 1. The maximum absolute atomic E-state index is 13.0. The summed E-state index contributed by atoms with van der Waals surface area (Å²) in [7, 11) is -2.44. The van der Waals surface area contributed by atoms with Crippen molar-refractivity contribution in [3.63, 3.8) is 0 Å². The van der Waals surface area contributed by atoms with E-state index in [-0.39, 0.29) is 10.9 Å². The molecule has 0 amide bonds. The molecule has 0 aromatic heterocycles. The van der Waals surface area contributed by atoms with Crippen LogP contribution >= 0.6 is 0 Å². The minimum Gasteiger partial charge on any atom is -0.330 e. The number of hydrogen-bond acceptors (Lipinski definition) is 3. The number of benzene rings is 1. The number of nitrogens with zero attached hydrogens (tertiary/aromatic N) is 1. The Kier molecular flexibility index (Phi) is 4.78. The van der Waals surface area contributed by atoms with E-state index >= 15 is 0 Å². The third kappa shape index (κ3) is 3.04. The van der Waals surface area contributed by atoms with Crippen molar-refractivity contribution < 1.29 is 17.2 Å². The zero-order chi connectivity index (χ0) is 13.9. The first-order valence-electron chi connectivity index (χ1n) is 5.44. The number of rotatable bonds is 5. The Morgan fingerprint density at radius 1 is 1.33 bits per heavy atom. The summed E-state index contributed by atoms with van der Waals surface area (Å²) in [5.41, 5.74) is 5.36. The van der Waals surface area contributed by atoms with Crippen molar-refractivity contribution in [3.8, 4) is 0 Å². The highest BCUT2D eigenvalue weighted by atomic mass is 32.2. The Labute approximate surface area is 105 Å². The molecule has 1 unspecified atom stereocenters. The first-order chi connectivity index (χ1) is 8.30. The Morgan fingerprint density at radius 2 is 1.94 bits per heavy atom. The van der Waals surface area contributed by atoms with Gasteiger partial charge in [0.2, 0.25) is 10.0 Å². The first kappa shape index (κ1) is 15.0. The Bertz CT molecular complexity index is 520. The van der Waals surface area contributed by atoms with E-state index < -0.39 is 21.7 Å². The van der Waals surface area contributed by atoms with E-state index in [0.717, 1.165) is 16.4 Å². The molecule has 0 fully saturated rings. The lowest BCUT2D eigenvalue weighted by molar-refractivity contribution is 0.374. The fourth-order valence-electron chi connectivity index (χ4n) is 1.46. The van der Waals surface area contributed by atoms with Crippen LogP contribution in [0.2, 0.25) is 0 Å². The van der Waals surface area contributed by atoms with Crippen molar-refractivity contribution in [2.45, 2.75) is 24.3 Å². The molecular weight excluding hydrogens is 262 g/mol. The van der Waals surface area contributed by atoms with E-state index in [0.29, 0.717) is 19.0 Å². The van der Waals surface area contributed by atoms with Gasteiger partial charge in [-0.1, -0.05) is 0 Å². The molecular formula is C11H16F2N2O2S. The molecule has 0 bridgehead atoms. The molecule has 0 saturated heterocycles. The SMILES string of the molecule is CC(CCN)N(C)S(=O)(=O)c1ccc(F)c(F)c1. The van der Waals surface area contributed by atoms with Crippen LogP contribution in [-0.4, -0.2) is 32.4 Å². The van der Waals surface area contributed by atoms with E-state index in [4.69, 9.17) is 5.73 Å². The molecule has 2 N–H and O–H groups in total. The van der Waals surface area contributed by atoms with Crippen molar-refractivity contribution in [1.82, 2.24) is 4.31 Å². The normalized spacial score (nSPS) is 13.9. The Morgan fingerprint density at radius 3 is 2.44 bits per heavy atom. The zero-order valence-corrected chi connectivity index (χ0v) is 11.0. The highest BCUT2D eigenvalue weighted by Gasteiger charge is 2.25. The third-order valence-electron chi connectivity index (χ3n) is 2.77. The fraction of sp³-hybridized carbons (Fsp3) is 0.455. The van der Waals surface area contributed by atoms with Gasteiger partial charge >= 0.3 is 0 Å². The summed E-state index contributed by atoms with van der Waals surface area (Å²) >= 11 is 0. The van der Waals surface area contributed by atoms with Crippen LogP contribution in [0.25, 0.3) is 0 Å². The van der Waals surface area contributed by atoms with E-state index in [1.165, 1.54) is 7.05 Å². The molecule has 0 heterocycles. The predicted molar refractivity (Wildman–Crippen MR) is 64.4 cm³/mol. The van der Waals surface area contributed by atoms with Gasteiger partial charge < -0.3 is 5.73 Å². The van der Waals surface area contributed by atoms with E-state index in [1.54, 1.807) is 6.92 Å². The van der Waals surface area contributed by atoms with Gasteiger partial charge in [-0.3, -0.25) is 0 Å². The third-order valence-corrected chi connectivity index (χ3v) is 4.74. The predicted octanol–water partition coefficient (Wildman–Crippen LogP) is 1.32. The molecule has 7 heteroatoms. The molecule has 0 aliphatic heterocycles. The van der Waals surface area contributed by atoms with Crippen molar-refractivity contribution in [1.29, 1.82) is 0 Å². The highest BCUT2D eigenvalue weighted by Crippen LogP contribution is 2.19. The van der Waals surface area contributed by atoms with Crippen LogP contribution in [0.1, 0.15) is 13.3 Å². The van der Waals surface area contributed by atoms with Gasteiger partial charge in [0, 0.05) is 13.1 Å². The lowest BCUT2D eigenvalue weighted by Crippen LogP contribution is -2.36. The lowest BCUT2D eigenvalue weighted by atomic mass is 10.2. The highest BCUT2D eigenvalue weighted by molar-refractivity contribution is 7.89. The molecule has 0 saturated carbocycles. The summed E-state index contributed by atoms with van der Waals surface area (Å²) in [5.74, 6) is -2.26. The molecule has 0 radical (unpaired) electrons. The average molecular weight is 278 g/mol. The van der Waals surface area contributed by atoms with Gasteiger partial charge in [-0.2, -0.15) is 4.31 Å². The van der Waals surface area contributed by atoms with Gasteiger partial charge in [-0.25, -0.2) is 17.2 Å². The summed E-state index contributed by atoms with van der Waals surface area (Å²) < 4.78 is 51.1. The number of nitrogens with two attached hydrogens (primary N) is 1. The summed E-state index contributed by atoms with van der Waals surface area (Å²) in [4.78, 5) is -0.271. The fourth-order valence-corrected chi connectivity index (χ4v) is 2.87. The van der Waals surface area contributed by atoms with Crippen LogP contribution in [0.5, 0.6) is 0 Å². The van der Waals surface area contributed by atoms with Gasteiger partial charge in [-0.05, 0) is 38.1 Å². The maximum Gasteiger partial charge on any atom is 0.243 e. The van der Waals surface area contributed by atoms with Gasteiger partial charge in [0.05, 0.1) is 4.90 Å². The zero-order valence-electron chi connectivity index (χ0n) is 10.2. The summed E-state index contributed by atoms with van der Waals surface area (Å²) in [6.07, 6.45) is 0.486. The van der Waals surface area contributed by atoms with Crippen LogP contribution in [0.15, 0.2) is 23.1 Å². The van der Waals surface area contributed by atoms with E-state index in [1.807, 2.05) is 0 Å².